The van der Waals surface area contributed by atoms with Crippen LogP contribution in [0.25, 0.3) is 0 Å². The molecule has 0 atom stereocenters. The molecule has 0 radical (unpaired) electrons. The number of rotatable bonds is 2. The van der Waals surface area contributed by atoms with E-state index in [1.165, 1.54) is 0 Å². The number of halogens is 2. The largest absolute Gasteiger partial charge is 0.349 e. The summed E-state index contributed by atoms with van der Waals surface area (Å²) in [5.41, 5.74) is 1.10. The van der Waals surface area contributed by atoms with E-state index in [2.05, 4.69) is 41.8 Å². The maximum Gasteiger partial charge on any atom is 0.195 e. The number of pyridine rings is 1. The lowest BCUT2D eigenvalue weighted by Crippen LogP contribution is -2.35. The summed E-state index contributed by atoms with van der Waals surface area (Å²) in [7, 11) is 7.93. The number of hydrogen-bond donors (Lipinski definition) is 0. The van der Waals surface area contributed by atoms with Crippen molar-refractivity contribution < 1.29 is 0 Å². The van der Waals surface area contributed by atoms with Crippen LogP contribution in [-0.2, 0) is 6.54 Å². The average Bonchev–Trinajstić information content (AvgIpc) is 2.21. The van der Waals surface area contributed by atoms with Gasteiger partial charge in [-0.25, -0.2) is 4.99 Å². The van der Waals surface area contributed by atoms with Crippen LogP contribution in [0.15, 0.2) is 26.3 Å². The van der Waals surface area contributed by atoms with Crippen LogP contribution >= 0.6 is 31.9 Å². The molecule has 0 bridgehead atoms. The van der Waals surface area contributed by atoms with E-state index < -0.39 is 0 Å². The molecule has 0 saturated carbocycles. The Labute approximate surface area is 119 Å². The molecule has 0 N–H and O–H groups in total. The number of guanidine groups is 1. The number of nitrogens with zero attached hydrogens (tertiary/aromatic N) is 4. The lowest BCUT2D eigenvalue weighted by atomic mass is 10.3. The van der Waals surface area contributed by atoms with E-state index in [0.717, 1.165) is 20.5 Å². The van der Waals surface area contributed by atoms with Gasteiger partial charge in [0.05, 0.1) is 6.54 Å². The van der Waals surface area contributed by atoms with Crippen molar-refractivity contribution in [1.82, 2.24) is 14.8 Å². The second kappa shape index (κ2) is 6.35. The van der Waals surface area contributed by atoms with Gasteiger partial charge in [0, 0.05) is 55.1 Å². The smallest absolute Gasteiger partial charge is 0.195 e. The molecule has 0 fully saturated rings. The monoisotopic (exact) mass is 362 g/mol. The quantitative estimate of drug-likeness (QED) is 0.597. The molecular formula is C11H16Br2N4. The van der Waals surface area contributed by atoms with E-state index in [1.54, 1.807) is 12.4 Å². The summed E-state index contributed by atoms with van der Waals surface area (Å²) >= 11 is 6.96. The van der Waals surface area contributed by atoms with Crippen LogP contribution in [0.2, 0.25) is 0 Å². The fraction of sp³-hybridized carbons (Fsp3) is 0.455. The van der Waals surface area contributed by atoms with Gasteiger partial charge in [-0.05, 0) is 31.9 Å². The third kappa shape index (κ3) is 3.96. The molecule has 1 aromatic heterocycles. The van der Waals surface area contributed by atoms with Crippen molar-refractivity contribution >= 4 is 37.8 Å². The van der Waals surface area contributed by atoms with Gasteiger partial charge in [0.25, 0.3) is 0 Å². The highest BCUT2D eigenvalue weighted by molar-refractivity contribution is 9.11. The molecule has 1 heterocycles. The fourth-order valence-corrected chi connectivity index (χ4v) is 2.60. The summed E-state index contributed by atoms with van der Waals surface area (Å²) in [6.07, 6.45) is 3.56. The predicted molar refractivity (Wildman–Crippen MR) is 78.2 cm³/mol. The Balaban J connectivity index is 2.95. The molecule has 6 heteroatoms. The maximum absolute atomic E-state index is 4.60. The molecule has 0 aliphatic rings. The van der Waals surface area contributed by atoms with Gasteiger partial charge in [0.15, 0.2) is 5.96 Å². The highest BCUT2D eigenvalue weighted by atomic mass is 79.9. The van der Waals surface area contributed by atoms with E-state index in [9.17, 15) is 0 Å². The van der Waals surface area contributed by atoms with Gasteiger partial charge in [-0.3, -0.25) is 4.98 Å². The SMILES string of the molecule is CN(C)C(=NCc1c(Br)cncc1Br)N(C)C. The average molecular weight is 364 g/mol. The fourth-order valence-electron chi connectivity index (χ4n) is 1.42. The summed E-state index contributed by atoms with van der Waals surface area (Å²) in [6, 6.07) is 0. The van der Waals surface area contributed by atoms with Crippen molar-refractivity contribution in [2.75, 3.05) is 28.2 Å². The normalized spacial score (nSPS) is 10.0. The number of aromatic nitrogens is 1. The summed E-state index contributed by atoms with van der Waals surface area (Å²) < 4.78 is 1.93. The minimum atomic E-state index is 0.607. The minimum absolute atomic E-state index is 0.607. The van der Waals surface area contributed by atoms with Crippen LogP contribution in [0.1, 0.15) is 5.56 Å². The van der Waals surface area contributed by atoms with Crippen LogP contribution in [0.4, 0.5) is 0 Å². The van der Waals surface area contributed by atoms with Gasteiger partial charge >= 0.3 is 0 Å². The van der Waals surface area contributed by atoms with Crippen LogP contribution in [0, 0.1) is 0 Å². The zero-order valence-corrected chi connectivity index (χ0v) is 13.6. The Morgan fingerprint density at radius 3 is 2.00 bits per heavy atom. The Morgan fingerprint density at radius 2 is 1.59 bits per heavy atom. The van der Waals surface area contributed by atoms with E-state index in [0.29, 0.717) is 6.54 Å². The third-order valence-electron chi connectivity index (χ3n) is 2.13. The first-order chi connectivity index (χ1) is 7.93. The molecule has 94 valence electrons. The standard InChI is InChI=1S/C11H16Br2N4/c1-16(2)11(17(3)4)15-5-8-9(12)6-14-7-10(8)13/h6-7H,5H2,1-4H3. The molecule has 1 aromatic rings. The Hall–Kier alpha value is -0.620. The molecule has 4 nitrogen and oxygen atoms in total. The number of aliphatic imine (C=N–C) groups is 1. The van der Waals surface area contributed by atoms with Gasteiger partial charge in [-0.1, -0.05) is 0 Å². The topological polar surface area (TPSA) is 31.7 Å². The number of hydrogen-bond acceptors (Lipinski definition) is 2. The van der Waals surface area contributed by atoms with Crippen molar-refractivity contribution in [3.63, 3.8) is 0 Å². The molecule has 0 aliphatic heterocycles. The summed E-state index contributed by atoms with van der Waals surface area (Å²) in [5, 5.41) is 0. The molecule has 0 spiro atoms. The van der Waals surface area contributed by atoms with Crippen molar-refractivity contribution in [2.45, 2.75) is 6.54 Å². The zero-order valence-electron chi connectivity index (χ0n) is 10.4. The third-order valence-corrected chi connectivity index (χ3v) is 3.50. The highest BCUT2D eigenvalue weighted by Gasteiger charge is 2.07. The first kappa shape index (κ1) is 14.4. The van der Waals surface area contributed by atoms with E-state index >= 15 is 0 Å². The van der Waals surface area contributed by atoms with E-state index in [1.807, 2.05) is 38.0 Å². The van der Waals surface area contributed by atoms with Crippen LogP contribution in [0.5, 0.6) is 0 Å². The van der Waals surface area contributed by atoms with Crippen LogP contribution in [-0.4, -0.2) is 48.9 Å². The summed E-state index contributed by atoms with van der Waals surface area (Å²) in [4.78, 5) is 12.7. The summed E-state index contributed by atoms with van der Waals surface area (Å²) in [6.45, 7) is 0.607. The van der Waals surface area contributed by atoms with Gasteiger partial charge in [-0.2, -0.15) is 0 Å². The first-order valence-corrected chi connectivity index (χ1v) is 6.69. The Kier molecular flexibility index (Phi) is 5.39. The van der Waals surface area contributed by atoms with Crippen molar-refractivity contribution in [3.8, 4) is 0 Å². The van der Waals surface area contributed by atoms with Crippen molar-refractivity contribution in [1.29, 1.82) is 0 Å². The second-order valence-corrected chi connectivity index (χ2v) is 5.70. The lowest BCUT2D eigenvalue weighted by Gasteiger charge is -2.22. The van der Waals surface area contributed by atoms with Gasteiger partial charge < -0.3 is 9.80 Å². The maximum atomic E-state index is 4.60. The van der Waals surface area contributed by atoms with E-state index in [4.69, 9.17) is 0 Å². The van der Waals surface area contributed by atoms with Gasteiger partial charge in [0.1, 0.15) is 0 Å². The van der Waals surface area contributed by atoms with Gasteiger partial charge in [0.2, 0.25) is 0 Å². The summed E-state index contributed by atoms with van der Waals surface area (Å²) in [5.74, 6) is 0.931. The molecule has 0 aliphatic carbocycles. The van der Waals surface area contributed by atoms with Crippen LogP contribution < -0.4 is 0 Å². The Bertz CT molecular complexity index is 386. The molecule has 0 aromatic carbocycles. The lowest BCUT2D eigenvalue weighted by molar-refractivity contribution is 0.479. The van der Waals surface area contributed by atoms with Crippen molar-refractivity contribution in [2.24, 2.45) is 4.99 Å². The molecule has 1 rings (SSSR count). The zero-order chi connectivity index (χ0) is 13.0. The van der Waals surface area contributed by atoms with Crippen LogP contribution in [0.3, 0.4) is 0 Å². The molecular weight excluding hydrogens is 348 g/mol. The van der Waals surface area contributed by atoms with Crippen molar-refractivity contribution in [3.05, 3.63) is 26.9 Å². The molecule has 0 unspecified atom stereocenters. The molecule has 17 heavy (non-hydrogen) atoms. The second-order valence-electron chi connectivity index (χ2n) is 3.99. The Morgan fingerprint density at radius 1 is 1.12 bits per heavy atom. The highest BCUT2D eigenvalue weighted by Crippen LogP contribution is 2.24. The molecule has 0 amide bonds. The van der Waals surface area contributed by atoms with Gasteiger partial charge in [-0.15, -0.1) is 0 Å². The predicted octanol–water partition coefficient (Wildman–Crippen LogP) is 2.59. The van der Waals surface area contributed by atoms with E-state index in [-0.39, 0.29) is 0 Å². The molecule has 0 saturated heterocycles. The minimum Gasteiger partial charge on any atom is -0.349 e. The first-order valence-electron chi connectivity index (χ1n) is 5.10.